The highest BCUT2D eigenvalue weighted by molar-refractivity contribution is 7.98. The van der Waals surface area contributed by atoms with Gasteiger partial charge in [0, 0.05) is 18.5 Å². The van der Waals surface area contributed by atoms with Crippen molar-refractivity contribution in [2.45, 2.75) is 37.6 Å². The number of rotatable bonds is 7. The summed E-state index contributed by atoms with van der Waals surface area (Å²) in [4.78, 5) is 24.4. The first-order valence-corrected chi connectivity index (χ1v) is 10.3. The van der Waals surface area contributed by atoms with E-state index in [0.29, 0.717) is 23.9 Å². The Kier molecular flexibility index (Phi) is 5.62. The fourth-order valence-electron chi connectivity index (χ4n) is 2.90. The van der Waals surface area contributed by atoms with Crippen molar-refractivity contribution in [1.29, 1.82) is 0 Å². The Labute approximate surface area is 172 Å². The summed E-state index contributed by atoms with van der Waals surface area (Å²) < 4.78 is 5.27. The van der Waals surface area contributed by atoms with E-state index in [9.17, 15) is 4.79 Å². The minimum atomic E-state index is -0.0778. The molecule has 4 aromatic rings. The van der Waals surface area contributed by atoms with Crippen LogP contribution in [0.4, 0.5) is 5.69 Å². The number of hydrogen-bond donors (Lipinski definition) is 2. The van der Waals surface area contributed by atoms with Crippen LogP contribution in [0.1, 0.15) is 29.3 Å². The number of fused-ring (bicyclic) bond motifs is 1. The maximum atomic E-state index is 12.1. The average molecular weight is 407 g/mol. The number of para-hydroxylation sites is 1. The molecule has 8 heteroatoms. The average Bonchev–Trinajstić information content (AvgIpc) is 3.32. The first-order valence-electron chi connectivity index (χ1n) is 9.33. The van der Waals surface area contributed by atoms with Gasteiger partial charge in [0.15, 0.2) is 11.0 Å². The van der Waals surface area contributed by atoms with Crippen molar-refractivity contribution in [3.63, 3.8) is 0 Å². The largest absolute Gasteiger partial charge is 0.339 e. The van der Waals surface area contributed by atoms with Crippen LogP contribution in [0, 0.1) is 13.8 Å². The number of nitrogens with one attached hydrogen (secondary N) is 2. The first kappa shape index (κ1) is 19.2. The molecule has 2 heterocycles. The Hall–Kier alpha value is -3.13. The molecular formula is C21H21N5O2S. The highest BCUT2D eigenvalue weighted by Gasteiger charge is 2.11. The van der Waals surface area contributed by atoms with Crippen molar-refractivity contribution in [1.82, 2.24) is 20.1 Å². The fraction of sp³-hybridized carbons (Fsp3) is 0.238. The van der Waals surface area contributed by atoms with Crippen molar-refractivity contribution >= 4 is 34.4 Å². The van der Waals surface area contributed by atoms with E-state index >= 15 is 0 Å². The maximum Gasteiger partial charge on any atom is 0.227 e. The number of hydrogen-bond acceptors (Lipinski definition) is 6. The van der Waals surface area contributed by atoms with Gasteiger partial charge in [-0.05, 0) is 43.2 Å². The minimum absolute atomic E-state index is 0.0778. The molecule has 0 spiro atoms. The molecule has 1 amide bonds. The van der Waals surface area contributed by atoms with Crippen LogP contribution < -0.4 is 5.32 Å². The third-order valence-corrected chi connectivity index (χ3v) is 5.32. The summed E-state index contributed by atoms with van der Waals surface area (Å²) in [6.45, 7) is 4.01. The van der Waals surface area contributed by atoms with Crippen LogP contribution in [0.2, 0.25) is 0 Å². The summed E-state index contributed by atoms with van der Waals surface area (Å²) in [6.07, 6.45) is 0.686. The van der Waals surface area contributed by atoms with E-state index in [-0.39, 0.29) is 12.3 Å². The quantitative estimate of drug-likeness (QED) is 0.440. The minimum Gasteiger partial charge on any atom is -0.339 e. The van der Waals surface area contributed by atoms with Crippen LogP contribution in [0.3, 0.4) is 0 Å². The van der Waals surface area contributed by atoms with E-state index in [1.165, 1.54) is 17.3 Å². The van der Waals surface area contributed by atoms with Crippen molar-refractivity contribution in [2.75, 3.05) is 5.32 Å². The predicted octanol–water partition coefficient (Wildman–Crippen LogP) is 4.43. The van der Waals surface area contributed by atoms with Gasteiger partial charge in [0.2, 0.25) is 11.8 Å². The number of aryl methyl sites for hydroxylation is 3. The molecule has 0 saturated carbocycles. The molecule has 2 aromatic heterocycles. The zero-order valence-corrected chi connectivity index (χ0v) is 17.0. The lowest BCUT2D eigenvalue weighted by Crippen LogP contribution is -2.13. The van der Waals surface area contributed by atoms with Gasteiger partial charge in [-0.25, -0.2) is 4.98 Å². The normalized spacial score (nSPS) is 11.1. The van der Waals surface area contributed by atoms with Gasteiger partial charge in [0.05, 0.1) is 16.8 Å². The lowest BCUT2D eigenvalue weighted by atomic mass is 10.2. The van der Waals surface area contributed by atoms with Crippen molar-refractivity contribution in [2.24, 2.45) is 0 Å². The van der Waals surface area contributed by atoms with Crippen molar-refractivity contribution in [3.05, 3.63) is 65.3 Å². The number of nitrogens with zero attached hydrogens (tertiary/aromatic N) is 3. The lowest BCUT2D eigenvalue weighted by Gasteiger charge is -2.06. The summed E-state index contributed by atoms with van der Waals surface area (Å²) in [5.74, 6) is 1.50. The smallest absolute Gasteiger partial charge is 0.227 e. The summed E-state index contributed by atoms with van der Waals surface area (Å²) >= 11 is 1.52. The number of imidazole rings is 1. The molecule has 0 aliphatic carbocycles. The number of thioether (sulfide) groups is 1. The van der Waals surface area contributed by atoms with E-state index in [1.54, 1.807) is 0 Å². The van der Waals surface area contributed by atoms with Crippen LogP contribution in [0.15, 0.2) is 52.1 Å². The summed E-state index contributed by atoms with van der Waals surface area (Å²) in [7, 11) is 0. The number of benzene rings is 2. The molecule has 0 aliphatic rings. The number of carbonyl (C=O) groups excluding carboxylic acids is 1. The lowest BCUT2D eigenvalue weighted by molar-refractivity contribution is -0.116. The Balaban J connectivity index is 1.29. The molecule has 0 aliphatic heterocycles. The number of amides is 1. The van der Waals surface area contributed by atoms with E-state index in [1.807, 2.05) is 43.3 Å². The SMILES string of the molecule is Cc1ccc2nc(SCc3noc(CCC(=O)Nc4ccccc4C)n3)[nH]c2c1. The fourth-order valence-corrected chi connectivity index (χ4v) is 3.63. The Morgan fingerprint density at radius 1 is 1.17 bits per heavy atom. The third kappa shape index (κ3) is 4.83. The molecule has 0 bridgehead atoms. The molecule has 2 N–H and O–H groups in total. The maximum absolute atomic E-state index is 12.1. The third-order valence-electron chi connectivity index (χ3n) is 4.45. The molecule has 0 fully saturated rings. The number of carbonyl (C=O) groups is 1. The van der Waals surface area contributed by atoms with E-state index < -0.39 is 0 Å². The highest BCUT2D eigenvalue weighted by Crippen LogP contribution is 2.23. The van der Waals surface area contributed by atoms with Gasteiger partial charge in [0.1, 0.15) is 0 Å². The van der Waals surface area contributed by atoms with Crippen LogP contribution in [0.25, 0.3) is 11.0 Å². The second-order valence-electron chi connectivity index (χ2n) is 6.82. The zero-order valence-electron chi connectivity index (χ0n) is 16.2. The van der Waals surface area contributed by atoms with Gasteiger partial charge in [-0.15, -0.1) is 0 Å². The first-order chi connectivity index (χ1) is 14.1. The van der Waals surface area contributed by atoms with Crippen LogP contribution in [0.5, 0.6) is 0 Å². The second-order valence-corrected chi connectivity index (χ2v) is 7.78. The molecule has 7 nitrogen and oxygen atoms in total. The summed E-state index contributed by atoms with van der Waals surface area (Å²) in [5.41, 5.74) is 4.99. The van der Waals surface area contributed by atoms with Crippen LogP contribution in [-0.2, 0) is 17.0 Å². The van der Waals surface area contributed by atoms with Gasteiger partial charge >= 0.3 is 0 Å². The molecule has 29 heavy (non-hydrogen) atoms. The second kappa shape index (κ2) is 8.48. The van der Waals surface area contributed by atoms with Crippen molar-refractivity contribution < 1.29 is 9.32 Å². The Morgan fingerprint density at radius 2 is 2.03 bits per heavy atom. The molecule has 0 radical (unpaired) electrons. The molecule has 4 rings (SSSR count). The molecule has 0 saturated heterocycles. The zero-order chi connectivity index (χ0) is 20.2. The highest BCUT2D eigenvalue weighted by atomic mass is 32.2. The standard InChI is InChI=1S/C21H21N5O2S/c1-13-7-8-16-17(11-13)24-21(23-16)29-12-18-25-20(28-26-18)10-9-19(27)22-15-6-4-3-5-14(15)2/h3-8,11H,9-10,12H2,1-2H3,(H,22,27)(H,23,24). The molecule has 148 valence electrons. The van der Waals surface area contributed by atoms with Gasteiger partial charge in [-0.3, -0.25) is 4.79 Å². The molecular weight excluding hydrogens is 386 g/mol. The van der Waals surface area contributed by atoms with Crippen LogP contribution >= 0.6 is 11.8 Å². The van der Waals surface area contributed by atoms with E-state index in [2.05, 4.69) is 38.4 Å². The van der Waals surface area contributed by atoms with Gasteiger partial charge in [-0.1, -0.05) is 41.2 Å². The van der Waals surface area contributed by atoms with E-state index in [4.69, 9.17) is 4.52 Å². The Bertz CT molecular complexity index is 1150. The van der Waals surface area contributed by atoms with Gasteiger partial charge in [-0.2, -0.15) is 4.98 Å². The predicted molar refractivity (Wildman–Crippen MR) is 113 cm³/mol. The van der Waals surface area contributed by atoms with Crippen LogP contribution in [-0.4, -0.2) is 26.0 Å². The summed E-state index contributed by atoms with van der Waals surface area (Å²) in [5, 5.41) is 7.71. The number of aromatic nitrogens is 4. The Morgan fingerprint density at radius 3 is 2.90 bits per heavy atom. The van der Waals surface area contributed by atoms with Gasteiger partial charge < -0.3 is 14.8 Å². The molecule has 0 unspecified atom stereocenters. The van der Waals surface area contributed by atoms with E-state index in [0.717, 1.165) is 27.4 Å². The topological polar surface area (TPSA) is 96.7 Å². The summed E-state index contributed by atoms with van der Waals surface area (Å²) in [6, 6.07) is 13.8. The van der Waals surface area contributed by atoms with Crippen molar-refractivity contribution in [3.8, 4) is 0 Å². The van der Waals surface area contributed by atoms with Gasteiger partial charge in [0.25, 0.3) is 0 Å². The number of H-pyrrole nitrogens is 1. The monoisotopic (exact) mass is 407 g/mol. The number of aromatic amines is 1. The number of anilines is 1. The molecule has 0 atom stereocenters. The molecule has 2 aromatic carbocycles.